The molecule has 2 heterocycles. The van der Waals surface area contributed by atoms with Gasteiger partial charge in [-0.15, -0.1) is 0 Å². The number of rotatable bonds is 11. The molecule has 13 heteroatoms. The third-order valence-corrected chi connectivity index (χ3v) is 9.26. The number of aliphatic hydroxyl groups excluding tert-OH is 7. The Hall–Kier alpha value is -0.970. The van der Waals surface area contributed by atoms with E-state index in [1.165, 1.54) is 12.8 Å². The van der Waals surface area contributed by atoms with Crippen molar-refractivity contribution in [2.45, 2.75) is 126 Å². The summed E-state index contributed by atoms with van der Waals surface area (Å²) in [4.78, 5) is 13.3. The third kappa shape index (κ3) is 7.95. The van der Waals surface area contributed by atoms with Gasteiger partial charge in [-0.1, -0.05) is 38.5 Å². The SMILES string of the molecule is O=C(NCCO[C@H]1OC(CO)[C@H](O[C@@H]2OC(CO)[C@H](O)[C@@H](O)C2O)[C@@H](O)C1O)C(C1CCCCC1)C1CCCCC1. The lowest BCUT2D eigenvalue weighted by Crippen LogP contribution is -2.64. The Morgan fingerprint density at radius 3 is 1.80 bits per heavy atom. The summed E-state index contributed by atoms with van der Waals surface area (Å²) in [5.74, 6) is 0.835. The van der Waals surface area contributed by atoms with Crippen molar-refractivity contribution in [3.8, 4) is 0 Å². The molecule has 4 unspecified atom stereocenters. The van der Waals surface area contributed by atoms with Crippen LogP contribution in [0.3, 0.4) is 0 Å². The van der Waals surface area contributed by atoms with Gasteiger partial charge in [0, 0.05) is 12.5 Å². The maximum absolute atomic E-state index is 13.3. The quantitative estimate of drug-likeness (QED) is 0.129. The predicted octanol–water partition coefficient (Wildman–Crippen LogP) is -1.48. The zero-order chi connectivity index (χ0) is 29.5. The average Bonchev–Trinajstić information content (AvgIpc) is 2.99. The Bertz CT molecular complexity index is 772. The number of ether oxygens (including phenoxy) is 4. The fourth-order valence-corrected chi connectivity index (χ4v) is 6.96. The van der Waals surface area contributed by atoms with Gasteiger partial charge in [-0.05, 0) is 37.5 Å². The van der Waals surface area contributed by atoms with Crippen LogP contribution in [0.4, 0.5) is 0 Å². The van der Waals surface area contributed by atoms with E-state index in [1.807, 2.05) is 0 Å². The molecule has 0 radical (unpaired) electrons. The van der Waals surface area contributed by atoms with Gasteiger partial charge in [-0.25, -0.2) is 0 Å². The summed E-state index contributed by atoms with van der Waals surface area (Å²) in [6.45, 7) is -1.13. The highest BCUT2D eigenvalue weighted by Crippen LogP contribution is 2.40. The van der Waals surface area contributed by atoms with Crippen LogP contribution in [0.1, 0.15) is 64.2 Å². The molecule has 1 amide bonds. The largest absolute Gasteiger partial charge is 0.394 e. The summed E-state index contributed by atoms with van der Waals surface area (Å²) in [7, 11) is 0. The molecule has 4 rings (SSSR count). The molecule has 10 atom stereocenters. The van der Waals surface area contributed by atoms with E-state index in [4.69, 9.17) is 18.9 Å². The van der Waals surface area contributed by atoms with Crippen molar-refractivity contribution in [3.05, 3.63) is 0 Å². The molecule has 238 valence electrons. The number of carbonyl (C=O) groups excluding carboxylic acids is 1. The van der Waals surface area contributed by atoms with Gasteiger partial charge in [-0.2, -0.15) is 0 Å². The van der Waals surface area contributed by atoms with Gasteiger partial charge in [0.15, 0.2) is 12.6 Å². The molecule has 2 aliphatic carbocycles. The highest BCUT2D eigenvalue weighted by Gasteiger charge is 2.50. The van der Waals surface area contributed by atoms with Crippen LogP contribution in [0.15, 0.2) is 0 Å². The lowest BCUT2D eigenvalue weighted by Gasteiger charge is -2.45. The molecule has 0 aromatic carbocycles. The lowest BCUT2D eigenvalue weighted by atomic mass is 9.69. The lowest BCUT2D eigenvalue weighted by molar-refractivity contribution is -0.359. The summed E-state index contributed by atoms with van der Waals surface area (Å²) >= 11 is 0. The topological polar surface area (TPSA) is 208 Å². The van der Waals surface area contributed by atoms with Crippen molar-refractivity contribution in [2.75, 3.05) is 26.4 Å². The van der Waals surface area contributed by atoms with Crippen LogP contribution in [-0.2, 0) is 23.7 Å². The number of aliphatic hydroxyl groups is 7. The minimum absolute atomic E-state index is 0.00137. The van der Waals surface area contributed by atoms with Crippen molar-refractivity contribution >= 4 is 5.91 Å². The number of carbonyl (C=O) groups is 1. The molecule has 0 aromatic heterocycles. The van der Waals surface area contributed by atoms with Gasteiger partial charge in [-0.3, -0.25) is 4.79 Å². The highest BCUT2D eigenvalue weighted by molar-refractivity contribution is 5.79. The molecular weight excluding hydrogens is 542 g/mol. The monoisotopic (exact) mass is 591 g/mol. The molecule has 2 aliphatic heterocycles. The first kappa shape index (κ1) is 32.9. The Kier molecular flexibility index (Phi) is 12.6. The summed E-state index contributed by atoms with van der Waals surface area (Å²) in [6, 6.07) is 0. The van der Waals surface area contributed by atoms with E-state index in [0.717, 1.165) is 51.4 Å². The molecule has 0 aromatic rings. The highest BCUT2D eigenvalue weighted by atomic mass is 16.7. The second-order valence-corrected chi connectivity index (χ2v) is 12.0. The van der Waals surface area contributed by atoms with Crippen LogP contribution in [0.5, 0.6) is 0 Å². The van der Waals surface area contributed by atoms with E-state index >= 15 is 0 Å². The first-order chi connectivity index (χ1) is 19.8. The van der Waals surface area contributed by atoms with E-state index in [1.54, 1.807) is 0 Å². The van der Waals surface area contributed by atoms with Crippen molar-refractivity contribution in [3.63, 3.8) is 0 Å². The van der Waals surface area contributed by atoms with Crippen LogP contribution in [0.2, 0.25) is 0 Å². The number of nitrogens with one attached hydrogen (secondary N) is 1. The molecule has 0 bridgehead atoms. The van der Waals surface area contributed by atoms with Gasteiger partial charge < -0.3 is 60.0 Å². The Balaban J connectivity index is 1.28. The molecular formula is C28H49NO12. The summed E-state index contributed by atoms with van der Waals surface area (Å²) in [6.07, 6.45) is -3.62. The zero-order valence-electron chi connectivity index (χ0n) is 23.6. The number of hydrogen-bond acceptors (Lipinski definition) is 12. The van der Waals surface area contributed by atoms with E-state index in [2.05, 4.69) is 5.32 Å². The fourth-order valence-electron chi connectivity index (χ4n) is 6.96. The first-order valence-corrected chi connectivity index (χ1v) is 15.2. The van der Waals surface area contributed by atoms with E-state index in [-0.39, 0.29) is 25.0 Å². The van der Waals surface area contributed by atoms with Gasteiger partial charge in [0.1, 0.15) is 48.8 Å². The molecule has 4 fully saturated rings. The molecule has 8 N–H and O–H groups in total. The molecule has 0 spiro atoms. The van der Waals surface area contributed by atoms with Crippen molar-refractivity contribution in [1.29, 1.82) is 0 Å². The van der Waals surface area contributed by atoms with Gasteiger partial charge in [0.2, 0.25) is 5.91 Å². The predicted molar refractivity (Wildman–Crippen MR) is 142 cm³/mol. The van der Waals surface area contributed by atoms with Crippen molar-refractivity contribution < 1.29 is 59.5 Å². The minimum atomic E-state index is -1.74. The van der Waals surface area contributed by atoms with Gasteiger partial charge >= 0.3 is 0 Å². The van der Waals surface area contributed by atoms with Gasteiger partial charge in [0.25, 0.3) is 0 Å². The maximum Gasteiger partial charge on any atom is 0.223 e. The third-order valence-electron chi connectivity index (χ3n) is 9.26. The average molecular weight is 592 g/mol. The second-order valence-electron chi connectivity index (χ2n) is 12.0. The smallest absolute Gasteiger partial charge is 0.223 e. The van der Waals surface area contributed by atoms with Crippen LogP contribution in [0.25, 0.3) is 0 Å². The normalized spacial score (nSPS) is 39.6. The molecule has 4 aliphatic rings. The first-order valence-electron chi connectivity index (χ1n) is 15.2. The Morgan fingerprint density at radius 2 is 1.24 bits per heavy atom. The van der Waals surface area contributed by atoms with E-state index < -0.39 is 74.6 Å². The summed E-state index contributed by atoms with van der Waals surface area (Å²) < 4.78 is 22.2. The summed E-state index contributed by atoms with van der Waals surface area (Å²) in [5.41, 5.74) is 0. The zero-order valence-corrected chi connectivity index (χ0v) is 23.6. The Labute approximate surface area is 240 Å². The van der Waals surface area contributed by atoms with E-state index in [9.17, 15) is 40.5 Å². The van der Waals surface area contributed by atoms with Crippen molar-refractivity contribution in [1.82, 2.24) is 5.32 Å². The molecule has 2 saturated carbocycles. The van der Waals surface area contributed by atoms with Crippen LogP contribution in [0, 0.1) is 17.8 Å². The molecule has 2 saturated heterocycles. The maximum atomic E-state index is 13.3. The number of hydrogen-bond donors (Lipinski definition) is 8. The minimum Gasteiger partial charge on any atom is -0.394 e. The summed E-state index contributed by atoms with van der Waals surface area (Å²) in [5, 5.41) is 73.9. The van der Waals surface area contributed by atoms with E-state index in [0.29, 0.717) is 11.8 Å². The van der Waals surface area contributed by atoms with Crippen LogP contribution >= 0.6 is 0 Å². The molecule has 41 heavy (non-hydrogen) atoms. The van der Waals surface area contributed by atoms with Crippen molar-refractivity contribution in [2.24, 2.45) is 17.8 Å². The van der Waals surface area contributed by atoms with Gasteiger partial charge in [0.05, 0.1) is 19.8 Å². The van der Waals surface area contributed by atoms with Crippen LogP contribution < -0.4 is 5.32 Å². The van der Waals surface area contributed by atoms with Crippen LogP contribution in [-0.4, -0.2) is 129 Å². The number of amides is 1. The molecule has 13 nitrogen and oxygen atoms in total. The fraction of sp³-hybridized carbons (Fsp3) is 0.964. The second kappa shape index (κ2) is 15.7. The standard InChI is InChI=1S/C28H49NO12/c30-13-17-20(32)21(33)23(35)28(39-17)41-25-18(14-31)40-27(24(36)22(25)34)38-12-11-29-26(37)19(15-7-3-1-4-8-15)16-9-5-2-6-10-16/h15-25,27-28,30-36H,1-14H2,(H,29,37)/t17?,18?,20-,21+,22-,23?,24?,25-,27-,28-/m0/s1. The Morgan fingerprint density at radius 1 is 0.707 bits per heavy atom.